The van der Waals surface area contributed by atoms with Crippen LogP contribution in [0.2, 0.25) is 0 Å². The van der Waals surface area contributed by atoms with Gasteiger partial charge in [0, 0.05) is 5.75 Å². The van der Waals surface area contributed by atoms with Gasteiger partial charge >= 0.3 is 5.97 Å². The Hall–Kier alpha value is -2.34. The third-order valence-electron chi connectivity index (χ3n) is 3.33. The van der Waals surface area contributed by atoms with Gasteiger partial charge in [0.15, 0.2) is 0 Å². The molecule has 154 valence electrons. The molecule has 0 fully saturated rings. The highest BCUT2D eigenvalue weighted by atomic mass is 32.1. The quantitative estimate of drug-likeness (QED) is 0.172. The molecule has 3 unspecified atom stereocenters. The Morgan fingerprint density at radius 2 is 1.56 bits per heavy atom. The van der Waals surface area contributed by atoms with Crippen molar-refractivity contribution in [2.24, 2.45) is 17.4 Å². The molecule has 0 aromatic carbocycles. The second kappa shape index (κ2) is 12.1. The monoisotopic (exact) mass is 405 g/mol. The van der Waals surface area contributed by atoms with Crippen LogP contribution in [-0.2, 0) is 24.0 Å². The van der Waals surface area contributed by atoms with Gasteiger partial charge in [0.05, 0.1) is 12.5 Å². The molecule has 0 spiro atoms. The number of rotatable bonds is 12. The van der Waals surface area contributed by atoms with Crippen LogP contribution < -0.4 is 27.4 Å². The number of carboxylic acids is 1. The van der Waals surface area contributed by atoms with Crippen molar-refractivity contribution in [2.75, 3.05) is 12.3 Å². The van der Waals surface area contributed by atoms with Crippen molar-refractivity contribution in [3.8, 4) is 0 Å². The Labute approximate surface area is 162 Å². The van der Waals surface area contributed by atoms with E-state index in [4.69, 9.17) is 16.6 Å². The van der Waals surface area contributed by atoms with Crippen LogP contribution in [0.3, 0.4) is 0 Å². The van der Waals surface area contributed by atoms with Gasteiger partial charge in [0.2, 0.25) is 23.6 Å². The smallest absolute Gasteiger partial charge is 0.322 e. The minimum absolute atomic E-state index is 0.0268. The van der Waals surface area contributed by atoms with Crippen molar-refractivity contribution < 1.29 is 29.1 Å². The number of nitrogens with one attached hydrogen (secondary N) is 3. The molecular weight excluding hydrogens is 378 g/mol. The van der Waals surface area contributed by atoms with Crippen LogP contribution in [0, 0.1) is 5.92 Å². The minimum atomic E-state index is -1.22. The van der Waals surface area contributed by atoms with E-state index in [0.29, 0.717) is 0 Å². The van der Waals surface area contributed by atoms with E-state index >= 15 is 0 Å². The van der Waals surface area contributed by atoms with Crippen LogP contribution in [0.1, 0.15) is 26.7 Å². The molecule has 0 aromatic rings. The first-order chi connectivity index (χ1) is 12.5. The fraction of sp³-hybridized carbons (Fsp3) is 0.667. The number of thiol groups is 1. The predicted octanol–water partition coefficient (Wildman–Crippen LogP) is -2.66. The third kappa shape index (κ3) is 10.4. The van der Waals surface area contributed by atoms with Crippen LogP contribution in [0.5, 0.6) is 0 Å². The van der Waals surface area contributed by atoms with E-state index in [-0.39, 0.29) is 24.5 Å². The summed E-state index contributed by atoms with van der Waals surface area (Å²) in [4.78, 5) is 57.8. The van der Waals surface area contributed by atoms with Crippen molar-refractivity contribution in [1.29, 1.82) is 0 Å². The third-order valence-corrected chi connectivity index (χ3v) is 3.69. The molecule has 12 heteroatoms. The number of primary amides is 1. The largest absolute Gasteiger partial charge is 0.480 e. The van der Waals surface area contributed by atoms with E-state index in [0.717, 1.165) is 0 Å². The average Bonchev–Trinajstić information content (AvgIpc) is 2.55. The van der Waals surface area contributed by atoms with Gasteiger partial charge in [-0.3, -0.25) is 24.0 Å². The van der Waals surface area contributed by atoms with Gasteiger partial charge in [-0.25, -0.2) is 0 Å². The number of carbonyl (C=O) groups excluding carboxylic acids is 4. The van der Waals surface area contributed by atoms with Crippen molar-refractivity contribution in [1.82, 2.24) is 16.0 Å². The molecule has 0 aliphatic heterocycles. The Morgan fingerprint density at radius 3 is 2.00 bits per heavy atom. The van der Waals surface area contributed by atoms with Crippen molar-refractivity contribution in [3.63, 3.8) is 0 Å². The summed E-state index contributed by atoms with van der Waals surface area (Å²) in [5.41, 5.74) is 10.5. The van der Waals surface area contributed by atoms with Gasteiger partial charge in [-0.05, 0) is 12.3 Å². The molecule has 0 aliphatic carbocycles. The molecular formula is C15H27N5O6S. The molecule has 3 atom stereocenters. The number of nitrogens with two attached hydrogens (primary N) is 2. The summed E-state index contributed by atoms with van der Waals surface area (Å²) >= 11 is 3.99. The SMILES string of the molecule is CC(C)CC(NC(=O)C(CS)NC(=O)C(N)CC(N)=O)C(=O)NCC(=O)O. The maximum atomic E-state index is 12.4. The molecule has 0 radical (unpaired) electrons. The van der Waals surface area contributed by atoms with Gasteiger partial charge in [-0.2, -0.15) is 12.6 Å². The topological polar surface area (TPSA) is 194 Å². The molecule has 4 amide bonds. The highest BCUT2D eigenvalue weighted by Crippen LogP contribution is 2.06. The maximum Gasteiger partial charge on any atom is 0.322 e. The van der Waals surface area contributed by atoms with Crippen LogP contribution in [0.25, 0.3) is 0 Å². The van der Waals surface area contributed by atoms with Crippen LogP contribution in [0.4, 0.5) is 0 Å². The van der Waals surface area contributed by atoms with Crippen molar-refractivity contribution in [3.05, 3.63) is 0 Å². The average molecular weight is 405 g/mol. The van der Waals surface area contributed by atoms with Gasteiger partial charge in [-0.15, -0.1) is 0 Å². The summed E-state index contributed by atoms with van der Waals surface area (Å²) in [5, 5.41) is 15.6. The Morgan fingerprint density at radius 1 is 1.00 bits per heavy atom. The first kappa shape index (κ1) is 24.7. The summed E-state index contributed by atoms with van der Waals surface area (Å²) < 4.78 is 0. The molecule has 0 bridgehead atoms. The van der Waals surface area contributed by atoms with Crippen LogP contribution in [0.15, 0.2) is 0 Å². The number of carbonyl (C=O) groups is 5. The van der Waals surface area contributed by atoms with Gasteiger partial charge in [0.1, 0.15) is 18.6 Å². The number of hydrogen-bond acceptors (Lipinski definition) is 7. The molecule has 0 saturated carbocycles. The fourth-order valence-electron chi connectivity index (χ4n) is 2.04. The maximum absolute atomic E-state index is 12.4. The molecule has 0 saturated heterocycles. The molecule has 11 nitrogen and oxygen atoms in total. The van der Waals surface area contributed by atoms with E-state index in [1.54, 1.807) is 0 Å². The van der Waals surface area contributed by atoms with Gasteiger partial charge < -0.3 is 32.5 Å². The lowest BCUT2D eigenvalue weighted by atomic mass is 10.0. The summed E-state index contributed by atoms with van der Waals surface area (Å²) in [6, 6.07) is -3.32. The molecule has 0 aromatic heterocycles. The number of carboxylic acid groups (broad SMARTS) is 1. The fourth-order valence-corrected chi connectivity index (χ4v) is 2.30. The first-order valence-corrected chi connectivity index (χ1v) is 8.86. The lowest BCUT2D eigenvalue weighted by molar-refractivity contribution is -0.138. The van der Waals surface area contributed by atoms with Crippen LogP contribution in [-0.4, -0.2) is 65.1 Å². The summed E-state index contributed by atoms with van der Waals surface area (Å²) in [5.74, 6) is -4.17. The lowest BCUT2D eigenvalue weighted by Crippen LogP contribution is -2.57. The van der Waals surface area contributed by atoms with Gasteiger partial charge in [-0.1, -0.05) is 13.8 Å². The summed E-state index contributed by atoms with van der Waals surface area (Å²) in [6.45, 7) is 3.06. The minimum Gasteiger partial charge on any atom is -0.480 e. The van der Waals surface area contributed by atoms with E-state index in [1.807, 2.05) is 13.8 Å². The van der Waals surface area contributed by atoms with E-state index in [1.165, 1.54) is 0 Å². The van der Waals surface area contributed by atoms with Crippen LogP contribution >= 0.6 is 12.6 Å². The Bertz CT molecular complexity index is 571. The normalized spacial score (nSPS) is 14.0. The molecule has 0 rings (SSSR count). The van der Waals surface area contributed by atoms with E-state index in [2.05, 4.69) is 28.6 Å². The highest BCUT2D eigenvalue weighted by molar-refractivity contribution is 7.80. The zero-order chi connectivity index (χ0) is 21.1. The summed E-state index contributed by atoms with van der Waals surface area (Å²) in [7, 11) is 0. The summed E-state index contributed by atoms with van der Waals surface area (Å²) in [6.07, 6.45) is -0.133. The van der Waals surface area contributed by atoms with E-state index < -0.39 is 54.3 Å². The Balaban J connectivity index is 4.98. The number of amides is 4. The zero-order valence-electron chi connectivity index (χ0n) is 15.2. The second-order valence-electron chi connectivity index (χ2n) is 6.32. The Kier molecular flexibility index (Phi) is 11.1. The molecule has 8 N–H and O–H groups in total. The molecule has 0 aliphatic rings. The van der Waals surface area contributed by atoms with Gasteiger partial charge in [0.25, 0.3) is 0 Å². The highest BCUT2D eigenvalue weighted by Gasteiger charge is 2.28. The number of hydrogen-bond donors (Lipinski definition) is 7. The molecule has 0 heterocycles. The second-order valence-corrected chi connectivity index (χ2v) is 6.69. The predicted molar refractivity (Wildman–Crippen MR) is 99.6 cm³/mol. The molecule has 27 heavy (non-hydrogen) atoms. The zero-order valence-corrected chi connectivity index (χ0v) is 16.1. The van der Waals surface area contributed by atoms with E-state index in [9.17, 15) is 24.0 Å². The number of aliphatic carboxylic acids is 1. The van der Waals surface area contributed by atoms with Crippen molar-refractivity contribution in [2.45, 2.75) is 44.8 Å². The first-order valence-electron chi connectivity index (χ1n) is 8.22. The lowest BCUT2D eigenvalue weighted by Gasteiger charge is -2.24. The van der Waals surface area contributed by atoms with Crippen molar-refractivity contribution >= 4 is 42.2 Å². The standard InChI is InChI=1S/C15H27N5O6S/c1-7(2)3-9(14(25)18-5-12(22)23)19-15(26)10(6-27)20-13(24)8(16)4-11(17)21/h7-10,27H,3-6,16H2,1-2H3,(H2,17,21)(H,18,25)(H,19,26)(H,20,24)(H,22,23).